The Balaban J connectivity index is 1.51. The Morgan fingerprint density at radius 3 is 2.43 bits per heavy atom. The summed E-state index contributed by atoms with van der Waals surface area (Å²) >= 11 is 0. The van der Waals surface area contributed by atoms with Crippen LogP contribution in [0.3, 0.4) is 0 Å². The first-order chi connectivity index (χ1) is 16.6. The van der Waals surface area contributed by atoms with E-state index in [0.717, 1.165) is 33.6 Å². The van der Waals surface area contributed by atoms with Crippen molar-refractivity contribution in [2.24, 2.45) is 0 Å². The van der Waals surface area contributed by atoms with Crippen molar-refractivity contribution in [3.63, 3.8) is 0 Å². The number of anilines is 1. The van der Waals surface area contributed by atoms with E-state index in [-0.39, 0.29) is 0 Å². The smallest absolute Gasteiger partial charge is 0.331 e. The Bertz CT molecular complexity index is 1270. The number of imide groups is 1. The lowest BCUT2D eigenvalue weighted by molar-refractivity contribution is -0.143. The van der Waals surface area contributed by atoms with Gasteiger partial charge >= 0.3 is 12.0 Å². The first-order valence-corrected chi connectivity index (χ1v) is 11.3. The van der Waals surface area contributed by atoms with E-state index < -0.39 is 24.5 Å². The maximum atomic E-state index is 12.1. The third kappa shape index (κ3) is 6.89. The zero-order chi connectivity index (χ0) is 25.5. The molecule has 0 aliphatic heterocycles. The summed E-state index contributed by atoms with van der Waals surface area (Å²) in [5.41, 5.74) is 7.34. The van der Waals surface area contributed by atoms with Crippen LogP contribution < -0.4 is 10.6 Å². The van der Waals surface area contributed by atoms with Crippen LogP contribution in [0.5, 0.6) is 0 Å². The molecule has 0 atom stereocenters. The van der Waals surface area contributed by atoms with Gasteiger partial charge in [-0.1, -0.05) is 42.0 Å². The Labute approximate surface area is 205 Å². The summed E-state index contributed by atoms with van der Waals surface area (Å²) in [4.78, 5) is 36.2. The number of rotatable bonds is 7. The zero-order valence-corrected chi connectivity index (χ0v) is 20.6. The number of hydrogen-bond donors (Lipinski definition) is 2. The maximum Gasteiger partial charge on any atom is 0.331 e. The van der Waals surface area contributed by atoms with Crippen LogP contribution in [-0.2, 0) is 20.9 Å². The van der Waals surface area contributed by atoms with E-state index in [1.54, 1.807) is 12.1 Å². The van der Waals surface area contributed by atoms with Gasteiger partial charge in [-0.15, -0.1) is 0 Å². The van der Waals surface area contributed by atoms with Gasteiger partial charge in [0, 0.05) is 23.0 Å². The van der Waals surface area contributed by atoms with Crippen LogP contribution >= 0.6 is 0 Å². The largest absolute Gasteiger partial charge is 0.452 e. The molecule has 3 rings (SSSR count). The van der Waals surface area contributed by atoms with Gasteiger partial charge in [0.05, 0.1) is 12.2 Å². The molecular weight excluding hydrogens is 444 g/mol. The number of amides is 3. The van der Waals surface area contributed by atoms with Crippen molar-refractivity contribution in [2.45, 2.75) is 41.2 Å². The molecule has 0 aliphatic rings. The average molecular weight is 475 g/mol. The number of aryl methyl sites for hydroxylation is 3. The molecule has 0 spiro atoms. The lowest BCUT2D eigenvalue weighted by atomic mass is 10.1. The molecule has 1 aromatic heterocycles. The van der Waals surface area contributed by atoms with Crippen molar-refractivity contribution >= 4 is 29.7 Å². The second-order valence-corrected chi connectivity index (χ2v) is 8.42. The number of nitrogens with zero attached hydrogens (tertiary/aromatic N) is 2. The SMILES string of the molecule is Cc1ccc(Cn2nc(C)c(/C=C/C(=O)OCC(=O)NC(=O)Nc3cccc(C)c3C)c2C)cc1. The molecule has 0 saturated carbocycles. The second-order valence-electron chi connectivity index (χ2n) is 8.42. The van der Waals surface area contributed by atoms with Gasteiger partial charge in [-0.05, 0) is 63.5 Å². The van der Waals surface area contributed by atoms with Crippen LogP contribution in [0.1, 0.15) is 39.2 Å². The average Bonchev–Trinajstić information content (AvgIpc) is 3.07. The number of hydrogen-bond acceptors (Lipinski definition) is 5. The summed E-state index contributed by atoms with van der Waals surface area (Å²) in [5, 5.41) is 9.33. The predicted octanol–water partition coefficient (Wildman–Crippen LogP) is 4.38. The Morgan fingerprint density at radius 2 is 1.71 bits per heavy atom. The minimum absolute atomic E-state index is 0.575. The number of carbonyl (C=O) groups excluding carboxylic acids is 3. The molecule has 3 amide bonds. The number of carbonyl (C=O) groups is 3. The molecule has 8 heteroatoms. The summed E-state index contributed by atoms with van der Waals surface area (Å²) < 4.78 is 6.85. The van der Waals surface area contributed by atoms with Crippen molar-refractivity contribution in [3.05, 3.63) is 87.7 Å². The number of nitrogens with one attached hydrogen (secondary N) is 2. The highest BCUT2D eigenvalue weighted by Gasteiger charge is 2.13. The monoisotopic (exact) mass is 474 g/mol. The fraction of sp³-hybridized carbons (Fsp3) is 0.259. The molecule has 2 aromatic carbocycles. The summed E-state index contributed by atoms with van der Waals surface area (Å²) in [7, 11) is 0. The van der Waals surface area contributed by atoms with Crippen LogP contribution in [0.4, 0.5) is 10.5 Å². The van der Waals surface area contributed by atoms with Gasteiger partial charge in [0.15, 0.2) is 6.61 Å². The first-order valence-electron chi connectivity index (χ1n) is 11.3. The molecule has 0 radical (unpaired) electrons. The van der Waals surface area contributed by atoms with Crippen LogP contribution in [0.25, 0.3) is 6.08 Å². The molecule has 8 nitrogen and oxygen atoms in total. The lowest BCUT2D eigenvalue weighted by Crippen LogP contribution is -2.37. The topological polar surface area (TPSA) is 102 Å². The van der Waals surface area contributed by atoms with Crippen molar-refractivity contribution in [1.29, 1.82) is 0 Å². The third-order valence-corrected chi connectivity index (χ3v) is 5.73. The third-order valence-electron chi connectivity index (χ3n) is 5.73. The van der Waals surface area contributed by atoms with Gasteiger partial charge in [0.1, 0.15) is 0 Å². The maximum absolute atomic E-state index is 12.1. The van der Waals surface area contributed by atoms with E-state index in [0.29, 0.717) is 12.2 Å². The zero-order valence-electron chi connectivity index (χ0n) is 20.6. The highest BCUT2D eigenvalue weighted by Crippen LogP contribution is 2.18. The molecule has 0 bridgehead atoms. The summed E-state index contributed by atoms with van der Waals surface area (Å²) in [5.74, 6) is -1.42. The Kier molecular flexibility index (Phi) is 8.20. The van der Waals surface area contributed by atoms with E-state index in [2.05, 4.69) is 40.0 Å². The molecule has 2 N–H and O–H groups in total. The predicted molar refractivity (Wildman–Crippen MR) is 135 cm³/mol. The molecule has 0 unspecified atom stereocenters. The highest BCUT2D eigenvalue weighted by atomic mass is 16.5. The Hall–Kier alpha value is -4.20. The molecule has 0 aliphatic carbocycles. The standard InChI is InChI=1S/C27H30N4O4/c1-17-9-11-22(12-10-17)15-31-21(5)23(20(4)30-31)13-14-26(33)35-16-25(32)29-27(34)28-24-8-6-7-18(2)19(24)3/h6-14H,15-16H2,1-5H3,(H2,28,29,32,34)/b14-13+. The van der Waals surface area contributed by atoms with Gasteiger partial charge in [-0.3, -0.25) is 14.8 Å². The number of aromatic nitrogens is 2. The lowest BCUT2D eigenvalue weighted by Gasteiger charge is -2.10. The normalized spacial score (nSPS) is 10.9. The minimum atomic E-state index is -0.729. The Morgan fingerprint density at radius 1 is 1.00 bits per heavy atom. The van der Waals surface area contributed by atoms with E-state index in [4.69, 9.17) is 4.74 Å². The van der Waals surface area contributed by atoms with E-state index in [9.17, 15) is 14.4 Å². The fourth-order valence-electron chi connectivity index (χ4n) is 3.51. The van der Waals surface area contributed by atoms with Crippen LogP contribution in [0.2, 0.25) is 0 Å². The summed E-state index contributed by atoms with van der Waals surface area (Å²) in [6.45, 7) is 9.68. The van der Waals surface area contributed by atoms with Crippen LogP contribution in [0.15, 0.2) is 48.5 Å². The molecule has 3 aromatic rings. The summed E-state index contributed by atoms with van der Waals surface area (Å²) in [6, 6.07) is 13.0. The van der Waals surface area contributed by atoms with Crippen molar-refractivity contribution in [1.82, 2.24) is 15.1 Å². The van der Waals surface area contributed by atoms with E-state index in [1.807, 2.05) is 51.4 Å². The molecule has 182 valence electrons. The van der Waals surface area contributed by atoms with Gasteiger partial charge in [0.2, 0.25) is 0 Å². The molecular formula is C27H30N4O4. The fourth-order valence-corrected chi connectivity index (χ4v) is 3.51. The molecule has 0 fully saturated rings. The molecule has 1 heterocycles. The number of benzene rings is 2. The van der Waals surface area contributed by atoms with Gasteiger partial charge < -0.3 is 10.1 Å². The van der Waals surface area contributed by atoms with Crippen LogP contribution in [-0.4, -0.2) is 34.3 Å². The minimum Gasteiger partial charge on any atom is -0.452 e. The van der Waals surface area contributed by atoms with E-state index >= 15 is 0 Å². The molecule has 0 saturated heterocycles. The molecule has 35 heavy (non-hydrogen) atoms. The van der Waals surface area contributed by atoms with Crippen molar-refractivity contribution < 1.29 is 19.1 Å². The van der Waals surface area contributed by atoms with E-state index in [1.165, 1.54) is 11.6 Å². The van der Waals surface area contributed by atoms with Crippen molar-refractivity contribution in [3.8, 4) is 0 Å². The number of ether oxygens (including phenoxy) is 1. The van der Waals surface area contributed by atoms with Gasteiger partial charge in [-0.25, -0.2) is 9.59 Å². The quantitative estimate of drug-likeness (QED) is 0.391. The van der Waals surface area contributed by atoms with Gasteiger partial charge in [-0.2, -0.15) is 5.10 Å². The highest BCUT2D eigenvalue weighted by molar-refractivity contribution is 6.02. The van der Waals surface area contributed by atoms with Gasteiger partial charge in [0.25, 0.3) is 5.91 Å². The van der Waals surface area contributed by atoms with Crippen LogP contribution in [0, 0.1) is 34.6 Å². The second kappa shape index (κ2) is 11.3. The number of urea groups is 1. The first kappa shape index (κ1) is 25.4. The van der Waals surface area contributed by atoms with Crippen molar-refractivity contribution in [2.75, 3.05) is 11.9 Å². The summed E-state index contributed by atoms with van der Waals surface area (Å²) in [6.07, 6.45) is 2.87. The number of esters is 1.